The highest BCUT2D eigenvalue weighted by molar-refractivity contribution is 5.67. The van der Waals surface area contributed by atoms with Gasteiger partial charge < -0.3 is 10.1 Å². The van der Waals surface area contributed by atoms with Gasteiger partial charge in [0, 0.05) is 36.0 Å². The van der Waals surface area contributed by atoms with Crippen molar-refractivity contribution in [1.29, 1.82) is 0 Å². The molecule has 0 unspecified atom stereocenters. The number of phenols is 1. The number of hydrogen-bond donors (Lipinski definition) is 2. The highest BCUT2D eigenvalue weighted by atomic mass is 19.1. The van der Waals surface area contributed by atoms with E-state index in [0.29, 0.717) is 23.5 Å². The van der Waals surface area contributed by atoms with Crippen molar-refractivity contribution < 1.29 is 9.50 Å². The minimum Gasteiger partial charge on any atom is -0.505 e. The molecule has 0 radical (unpaired) electrons. The molecule has 1 saturated heterocycles. The van der Waals surface area contributed by atoms with Crippen LogP contribution in [0.15, 0.2) is 47.4 Å². The number of benzene rings is 1. The topological polar surface area (TPSA) is 85.3 Å². The van der Waals surface area contributed by atoms with Gasteiger partial charge in [0.1, 0.15) is 0 Å². The molecule has 7 nitrogen and oxygen atoms in total. The van der Waals surface area contributed by atoms with Gasteiger partial charge in [-0.1, -0.05) is 6.07 Å². The molecule has 1 aliphatic heterocycles. The van der Waals surface area contributed by atoms with E-state index in [0.717, 1.165) is 18.4 Å². The molecule has 0 aliphatic carbocycles. The number of anilines is 1. The van der Waals surface area contributed by atoms with Crippen molar-refractivity contribution in [3.63, 3.8) is 0 Å². The second kappa shape index (κ2) is 8.83. The van der Waals surface area contributed by atoms with Crippen LogP contribution in [-0.4, -0.2) is 43.4 Å². The molecule has 180 valence electrons. The summed E-state index contributed by atoms with van der Waals surface area (Å²) in [5.41, 5.74) is 1.52. The smallest absolute Gasteiger partial charge is 0.248 e. The Morgan fingerprint density at radius 3 is 2.41 bits per heavy atom. The largest absolute Gasteiger partial charge is 0.505 e. The number of hydrogen-bond acceptors (Lipinski definition) is 6. The molecule has 0 atom stereocenters. The molecular formula is C26H32FN5O2. The predicted molar refractivity (Wildman–Crippen MR) is 131 cm³/mol. The lowest BCUT2D eigenvalue weighted by atomic mass is 9.81. The fourth-order valence-electron chi connectivity index (χ4n) is 5.38. The fraction of sp³-hybridized carbons (Fsp3) is 0.423. The monoisotopic (exact) mass is 465 g/mol. The van der Waals surface area contributed by atoms with Gasteiger partial charge >= 0.3 is 0 Å². The van der Waals surface area contributed by atoms with Crippen LogP contribution in [0.5, 0.6) is 5.75 Å². The van der Waals surface area contributed by atoms with E-state index in [2.05, 4.69) is 47.9 Å². The lowest BCUT2D eigenvalue weighted by Crippen LogP contribution is -2.64. The molecule has 3 heterocycles. The summed E-state index contributed by atoms with van der Waals surface area (Å²) in [6, 6.07) is 9.75. The third kappa shape index (κ3) is 4.55. The zero-order chi connectivity index (χ0) is 24.7. The first-order valence-corrected chi connectivity index (χ1v) is 11.6. The van der Waals surface area contributed by atoms with Crippen LogP contribution in [0.3, 0.4) is 0 Å². The van der Waals surface area contributed by atoms with Crippen molar-refractivity contribution in [1.82, 2.24) is 20.2 Å². The van der Waals surface area contributed by atoms with Crippen LogP contribution in [0.2, 0.25) is 0 Å². The molecule has 0 spiro atoms. The number of aromatic nitrogens is 3. The number of rotatable bonds is 5. The molecule has 0 amide bonds. The number of aromatic hydroxyl groups is 1. The Morgan fingerprint density at radius 1 is 1.09 bits per heavy atom. The third-order valence-corrected chi connectivity index (χ3v) is 6.70. The van der Waals surface area contributed by atoms with Crippen LogP contribution in [-0.2, 0) is 6.42 Å². The number of H-pyrrole nitrogens is 1. The van der Waals surface area contributed by atoms with E-state index in [-0.39, 0.29) is 22.2 Å². The number of nitrogens with zero attached hydrogens (tertiary/aromatic N) is 4. The van der Waals surface area contributed by atoms with Crippen LogP contribution in [0.1, 0.15) is 58.1 Å². The van der Waals surface area contributed by atoms with E-state index in [1.54, 1.807) is 24.4 Å². The van der Waals surface area contributed by atoms with Gasteiger partial charge in [0.2, 0.25) is 5.56 Å². The molecule has 1 fully saturated rings. The lowest BCUT2D eigenvalue weighted by molar-refractivity contribution is -0.0332. The predicted octanol–water partition coefficient (Wildman–Crippen LogP) is 4.66. The number of halogens is 1. The Hall–Kier alpha value is -3.26. The minimum absolute atomic E-state index is 0.0467. The maximum Gasteiger partial charge on any atom is 0.248 e. The number of piperidine rings is 1. The maximum absolute atomic E-state index is 15.1. The fourth-order valence-corrected chi connectivity index (χ4v) is 5.38. The summed E-state index contributed by atoms with van der Waals surface area (Å²) in [5, 5.41) is 23.2. The molecule has 1 aromatic carbocycles. The van der Waals surface area contributed by atoms with Crippen molar-refractivity contribution >= 4 is 5.82 Å². The number of nitrogens with one attached hydrogen (secondary N) is 1. The standard InChI is InChI=1S/C26H32FN5O2/c1-25(2)12-6-13-26(3,4)32(25)31(5)21-10-8-19(29-30-21)23-18(7-9-20(33)24(23)27)15-17-11-14-28-22(34)16-17/h7-11,14,16,33H,6,12-13,15H2,1-5H3,(H,28,34). The first kappa shape index (κ1) is 23.9. The Labute approximate surface area is 199 Å². The molecule has 0 bridgehead atoms. The van der Waals surface area contributed by atoms with E-state index in [1.165, 1.54) is 18.6 Å². The summed E-state index contributed by atoms with van der Waals surface area (Å²) >= 11 is 0. The molecule has 4 rings (SSSR count). The molecule has 2 aromatic heterocycles. The third-order valence-electron chi connectivity index (χ3n) is 6.70. The van der Waals surface area contributed by atoms with Crippen molar-refractivity contribution in [3.8, 4) is 17.0 Å². The van der Waals surface area contributed by atoms with Crippen LogP contribution < -0.4 is 10.6 Å². The van der Waals surface area contributed by atoms with Gasteiger partial charge in [0.05, 0.1) is 5.69 Å². The highest BCUT2D eigenvalue weighted by Gasteiger charge is 2.44. The van der Waals surface area contributed by atoms with E-state index >= 15 is 4.39 Å². The van der Waals surface area contributed by atoms with Gasteiger partial charge in [-0.25, -0.2) is 9.40 Å². The summed E-state index contributed by atoms with van der Waals surface area (Å²) in [4.78, 5) is 14.3. The Morgan fingerprint density at radius 2 is 1.79 bits per heavy atom. The van der Waals surface area contributed by atoms with E-state index in [1.807, 2.05) is 18.1 Å². The second-order valence-electron chi connectivity index (χ2n) is 10.3. The van der Waals surface area contributed by atoms with Crippen molar-refractivity contribution in [2.45, 2.75) is 64.5 Å². The molecule has 1 aliphatic rings. The van der Waals surface area contributed by atoms with Gasteiger partial charge in [0.25, 0.3) is 0 Å². The average molecular weight is 466 g/mol. The Balaban J connectivity index is 1.69. The van der Waals surface area contributed by atoms with Crippen LogP contribution in [0.4, 0.5) is 10.2 Å². The van der Waals surface area contributed by atoms with Gasteiger partial charge in [-0.15, -0.1) is 10.2 Å². The SMILES string of the molecule is CN(c1ccc(-c2c(Cc3cc[nH]c(=O)c3)ccc(O)c2F)nn1)N1C(C)(C)CCCC1(C)C. The normalized spacial score (nSPS) is 17.5. The Bertz CT molecular complexity index is 1220. The molecule has 2 N–H and O–H groups in total. The molecule has 3 aromatic rings. The van der Waals surface area contributed by atoms with E-state index in [4.69, 9.17) is 0 Å². The highest BCUT2D eigenvalue weighted by Crippen LogP contribution is 2.40. The van der Waals surface area contributed by atoms with E-state index in [9.17, 15) is 9.90 Å². The molecule has 8 heteroatoms. The summed E-state index contributed by atoms with van der Waals surface area (Å²) in [7, 11) is 1.98. The first-order valence-electron chi connectivity index (χ1n) is 11.6. The molecule has 0 saturated carbocycles. The van der Waals surface area contributed by atoms with Crippen molar-refractivity contribution in [2.24, 2.45) is 0 Å². The quantitative estimate of drug-likeness (QED) is 0.570. The number of aromatic amines is 1. The minimum atomic E-state index is -0.754. The summed E-state index contributed by atoms with van der Waals surface area (Å²) in [5.74, 6) is -0.552. The molecule has 34 heavy (non-hydrogen) atoms. The number of pyridine rings is 1. The summed E-state index contributed by atoms with van der Waals surface area (Å²) < 4.78 is 15.1. The second-order valence-corrected chi connectivity index (χ2v) is 10.3. The van der Waals surface area contributed by atoms with Gasteiger partial charge in [-0.05, 0) is 88.8 Å². The number of hydrazine groups is 1. The average Bonchev–Trinajstić information content (AvgIpc) is 2.75. The lowest BCUT2D eigenvalue weighted by Gasteiger charge is -2.56. The Kier molecular flexibility index (Phi) is 6.20. The van der Waals surface area contributed by atoms with Crippen molar-refractivity contribution in [3.05, 3.63) is 69.9 Å². The zero-order valence-electron chi connectivity index (χ0n) is 20.4. The number of phenolic OH excluding ortho intramolecular Hbond substituents is 1. The van der Waals surface area contributed by atoms with Crippen LogP contribution in [0, 0.1) is 5.82 Å². The van der Waals surface area contributed by atoms with Crippen molar-refractivity contribution in [2.75, 3.05) is 12.1 Å². The first-order chi connectivity index (χ1) is 16.0. The van der Waals surface area contributed by atoms with Gasteiger partial charge in [0.15, 0.2) is 17.4 Å². The van der Waals surface area contributed by atoms with Crippen LogP contribution >= 0.6 is 0 Å². The van der Waals surface area contributed by atoms with E-state index < -0.39 is 11.6 Å². The van der Waals surface area contributed by atoms with Crippen LogP contribution in [0.25, 0.3) is 11.3 Å². The van der Waals surface area contributed by atoms with Gasteiger partial charge in [-0.2, -0.15) is 0 Å². The summed E-state index contributed by atoms with van der Waals surface area (Å²) in [6.07, 6.45) is 5.19. The maximum atomic E-state index is 15.1. The zero-order valence-corrected chi connectivity index (χ0v) is 20.4. The van der Waals surface area contributed by atoms with Gasteiger partial charge in [-0.3, -0.25) is 9.80 Å². The molecular weight excluding hydrogens is 433 g/mol. The summed E-state index contributed by atoms with van der Waals surface area (Å²) in [6.45, 7) is 8.93.